The summed E-state index contributed by atoms with van der Waals surface area (Å²) >= 11 is 0. The fraction of sp³-hybridized carbons (Fsp3) is 0.429. The number of halogens is 1. The van der Waals surface area contributed by atoms with Gasteiger partial charge in [-0.1, -0.05) is 0 Å². The third-order valence-electron chi connectivity index (χ3n) is 5.12. The molecule has 1 fully saturated rings. The fourth-order valence-corrected chi connectivity index (χ4v) is 3.40. The van der Waals surface area contributed by atoms with Gasteiger partial charge in [-0.2, -0.15) is 0 Å². The van der Waals surface area contributed by atoms with Gasteiger partial charge in [0.15, 0.2) is 5.96 Å². The molecule has 2 heterocycles. The van der Waals surface area contributed by atoms with Crippen LogP contribution < -0.4 is 15.5 Å². The second-order valence-electron chi connectivity index (χ2n) is 6.82. The van der Waals surface area contributed by atoms with E-state index in [4.69, 9.17) is 5.73 Å². The molecule has 0 spiro atoms. The van der Waals surface area contributed by atoms with Crippen molar-refractivity contribution in [1.82, 2.24) is 9.88 Å². The molecule has 1 saturated heterocycles. The lowest BCUT2D eigenvalue weighted by molar-refractivity contribution is 0.458. The predicted octanol–water partition coefficient (Wildman–Crippen LogP) is 2.70. The van der Waals surface area contributed by atoms with E-state index in [9.17, 15) is 4.39 Å². The highest BCUT2D eigenvalue weighted by Crippen LogP contribution is 2.20. The number of aliphatic imine (C=N–C) groups is 1. The molecule has 2 aromatic rings. The lowest BCUT2D eigenvalue weighted by Gasteiger charge is -2.36. The largest absolute Gasteiger partial charge is 0.370 e. The number of hydrogen-bond acceptors (Lipinski definition) is 4. The molecule has 0 unspecified atom stereocenters. The molecule has 0 radical (unpaired) electrons. The normalized spacial score (nSPS) is 15.0. The van der Waals surface area contributed by atoms with Crippen LogP contribution in [0.3, 0.4) is 0 Å². The monoisotopic (exact) mass is 384 g/mol. The Labute approximate surface area is 166 Å². The Kier molecular flexibility index (Phi) is 6.68. The van der Waals surface area contributed by atoms with Crippen LogP contribution in [0.5, 0.6) is 0 Å². The molecule has 0 aliphatic carbocycles. The molecule has 3 rings (SSSR count). The van der Waals surface area contributed by atoms with E-state index in [1.165, 1.54) is 12.1 Å². The number of nitrogens with two attached hydrogens (primary N) is 1. The molecule has 7 heteroatoms. The van der Waals surface area contributed by atoms with Crippen LogP contribution in [-0.2, 0) is 6.54 Å². The molecule has 0 atom stereocenters. The summed E-state index contributed by atoms with van der Waals surface area (Å²) in [6.07, 6.45) is 1.83. The smallest absolute Gasteiger partial charge is 0.191 e. The van der Waals surface area contributed by atoms with Gasteiger partial charge in [0.2, 0.25) is 0 Å². The predicted molar refractivity (Wildman–Crippen MR) is 113 cm³/mol. The molecule has 0 saturated carbocycles. The summed E-state index contributed by atoms with van der Waals surface area (Å²) in [6, 6.07) is 10.8. The average Bonchev–Trinajstić information content (AvgIpc) is 2.74. The number of piperazine rings is 1. The van der Waals surface area contributed by atoms with Crippen LogP contribution in [0, 0.1) is 5.82 Å². The van der Waals surface area contributed by atoms with Gasteiger partial charge in [0.1, 0.15) is 11.6 Å². The highest BCUT2D eigenvalue weighted by atomic mass is 19.1. The van der Waals surface area contributed by atoms with Crippen molar-refractivity contribution in [2.45, 2.75) is 20.4 Å². The molecule has 0 amide bonds. The zero-order valence-corrected chi connectivity index (χ0v) is 16.7. The summed E-state index contributed by atoms with van der Waals surface area (Å²) in [6.45, 7) is 9.90. The quantitative estimate of drug-likeness (QED) is 0.613. The zero-order chi connectivity index (χ0) is 19.9. The van der Waals surface area contributed by atoms with Gasteiger partial charge in [0.05, 0.1) is 6.54 Å². The maximum atomic E-state index is 13.1. The molecule has 2 N–H and O–H groups in total. The summed E-state index contributed by atoms with van der Waals surface area (Å²) in [4.78, 5) is 15.6. The molecule has 1 aliphatic rings. The van der Waals surface area contributed by atoms with E-state index in [1.54, 1.807) is 0 Å². The standard InChI is InChI=1S/C21H29FN6/c1-3-26(4-2)21(23)25-16-17-9-10-24-20(15-17)28-13-11-27(12-14-28)19-7-5-18(22)6-8-19/h5-10,15H,3-4,11-14,16H2,1-2H3,(H2,23,25). The van der Waals surface area contributed by atoms with Gasteiger partial charge in [0, 0.05) is 51.2 Å². The van der Waals surface area contributed by atoms with Crippen molar-refractivity contribution < 1.29 is 4.39 Å². The summed E-state index contributed by atoms with van der Waals surface area (Å²) in [5.74, 6) is 1.34. The molecular formula is C21H29FN6. The first-order chi connectivity index (χ1) is 13.6. The van der Waals surface area contributed by atoms with E-state index in [1.807, 2.05) is 29.3 Å². The number of aromatic nitrogens is 1. The van der Waals surface area contributed by atoms with Crippen LogP contribution in [0.15, 0.2) is 47.6 Å². The van der Waals surface area contributed by atoms with Crippen molar-refractivity contribution in [1.29, 1.82) is 0 Å². The van der Waals surface area contributed by atoms with Gasteiger partial charge in [-0.15, -0.1) is 0 Å². The van der Waals surface area contributed by atoms with E-state index in [0.717, 1.165) is 56.3 Å². The molecular weight excluding hydrogens is 355 g/mol. The first-order valence-electron chi connectivity index (χ1n) is 9.86. The van der Waals surface area contributed by atoms with Crippen LogP contribution in [0.25, 0.3) is 0 Å². The Morgan fingerprint density at radius 1 is 1.07 bits per heavy atom. The Bertz CT molecular complexity index is 780. The molecule has 1 aromatic carbocycles. The maximum Gasteiger partial charge on any atom is 0.191 e. The minimum absolute atomic E-state index is 0.201. The van der Waals surface area contributed by atoms with Crippen molar-refractivity contribution in [2.24, 2.45) is 10.7 Å². The highest BCUT2D eigenvalue weighted by molar-refractivity contribution is 5.78. The third-order valence-corrected chi connectivity index (χ3v) is 5.12. The fourth-order valence-electron chi connectivity index (χ4n) is 3.40. The van der Waals surface area contributed by atoms with Crippen molar-refractivity contribution >= 4 is 17.5 Å². The van der Waals surface area contributed by atoms with Crippen LogP contribution in [0.1, 0.15) is 19.4 Å². The van der Waals surface area contributed by atoms with Gasteiger partial charge >= 0.3 is 0 Å². The first kappa shape index (κ1) is 19.9. The lowest BCUT2D eigenvalue weighted by Crippen LogP contribution is -2.46. The number of rotatable bonds is 6. The summed E-state index contributed by atoms with van der Waals surface area (Å²) in [5, 5.41) is 0. The highest BCUT2D eigenvalue weighted by Gasteiger charge is 2.18. The van der Waals surface area contributed by atoms with Crippen molar-refractivity contribution in [3.8, 4) is 0 Å². The first-order valence-corrected chi connectivity index (χ1v) is 9.86. The SMILES string of the molecule is CCN(CC)C(N)=NCc1ccnc(N2CCN(c3ccc(F)cc3)CC2)c1. The number of benzene rings is 1. The van der Waals surface area contributed by atoms with Gasteiger partial charge in [-0.25, -0.2) is 14.4 Å². The van der Waals surface area contributed by atoms with Gasteiger partial charge in [-0.3, -0.25) is 0 Å². The minimum atomic E-state index is -0.201. The van der Waals surface area contributed by atoms with Crippen molar-refractivity contribution in [2.75, 3.05) is 49.1 Å². The number of anilines is 2. The van der Waals surface area contributed by atoms with E-state index < -0.39 is 0 Å². The van der Waals surface area contributed by atoms with Gasteiger partial charge < -0.3 is 20.4 Å². The van der Waals surface area contributed by atoms with E-state index in [2.05, 4.69) is 39.7 Å². The molecule has 6 nitrogen and oxygen atoms in total. The van der Waals surface area contributed by atoms with E-state index >= 15 is 0 Å². The lowest BCUT2D eigenvalue weighted by atomic mass is 10.2. The maximum absolute atomic E-state index is 13.1. The number of nitrogens with zero attached hydrogens (tertiary/aromatic N) is 5. The molecule has 1 aromatic heterocycles. The second kappa shape index (κ2) is 9.39. The van der Waals surface area contributed by atoms with E-state index in [-0.39, 0.29) is 5.82 Å². The van der Waals surface area contributed by atoms with Gasteiger partial charge in [-0.05, 0) is 55.8 Å². The van der Waals surface area contributed by atoms with Crippen LogP contribution in [-0.4, -0.2) is 55.1 Å². The zero-order valence-electron chi connectivity index (χ0n) is 16.7. The molecule has 28 heavy (non-hydrogen) atoms. The van der Waals surface area contributed by atoms with Crippen molar-refractivity contribution in [3.63, 3.8) is 0 Å². The Hall–Kier alpha value is -2.83. The van der Waals surface area contributed by atoms with Crippen LogP contribution >= 0.6 is 0 Å². The summed E-state index contributed by atoms with van der Waals surface area (Å²) in [5.41, 5.74) is 8.23. The minimum Gasteiger partial charge on any atom is -0.370 e. The second-order valence-corrected chi connectivity index (χ2v) is 6.82. The third kappa shape index (κ3) is 4.91. The Morgan fingerprint density at radius 2 is 1.71 bits per heavy atom. The Balaban J connectivity index is 1.60. The topological polar surface area (TPSA) is 61.0 Å². The average molecular weight is 385 g/mol. The Morgan fingerprint density at radius 3 is 2.36 bits per heavy atom. The molecule has 1 aliphatic heterocycles. The van der Waals surface area contributed by atoms with E-state index in [0.29, 0.717) is 12.5 Å². The molecule has 150 valence electrons. The summed E-state index contributed by atoms with van der Waals surface area (Å²) < 4.78 is 13.1. The van der Waals surface area contributed by atoms with Gasteiger partial charge in [0.25, 0.3) is 0 Å². The number of guanidine groups is 1. The van der Waals surface area contributed by atoms with Crippen molar-refractivity contribution in [3.05, 3.63) is 54.0 Å². The van der Waals surface area contributed by atoms with Crippen LogP contribution in [0.2, 0.25) is 0 Å². The number of hydrogen-bond donors (Lipinski definition) is 1. The number of pyridine rings is 1. The summed E-state index contributed by atoms with van der Waals surface area (Å²) in [7, 11) is 0. The molecule has 0 bridgehead atoms. The van der Waals surface area contributed by atoms with Crippen LogP contribution in [0.4, 0.5) is 15.9 Å².